The summed E-state index contributed by atoms with van der Waals surface area (Å²) in [4.78, 5) is 18.9. The minimum absolute atomic E-state index is 0.293. The van der Waals surface area contributed by atoms with Crippen LogP contribution in [-0.2, 0) is 4.79 Å². The van der Waals surface area contributed by atoms with Gasteiger partial charge in [0.15, 0.2) is 0 Å². The highest BCUT2D eigenvalue weighted by molar-refractivity contribution is 5.78. The van der Waals surface area contributed by atoms with Crippen molar-refractivity contribution in [2.24, 2.45) is 0 Å². The molecule has 2 saturated heterocycles. The summed E-state index contributed by atoms with van der Waals surface area (Å²) >= 11 is 0. The largest absolute Gasteiger partial charge is 0.339 e. The fourth-order valence-corrected chi connectivity index (χ4v) is 3.02. The standard InChI is InChI=1S/C14H28N4O/c1-16-8-3-4-13(5-9-16)17(2)12-14(19)18-10-6-15-7-11-18/h13,15H,3-12H2,1-2H3. The third-order valence-electron chi connectivity index (χ3n) is 4.40. The molecule has 1 N–H and O–H groups in total. The van der Waals surface area contributed by atoms with Crippen molar-refractivity contribution in [2.75, 3.05) is 59.9 Å². The van der Waals surface area contributed by atoms with Gasteiger partial charge in [0.25, 0.3) is 0 Å². The van der Waals surface area contributed by atoms with Gasteiger partial charge in [0, 0.05) is 32.2 Å². The molecule has 1 amide bonds. The molecule has 0 spiro atoms. The Balaban J connectivity index is 1.78. The van der Waals surface area contributed by atoms with Crippen LogP contribution in [-0.4, -0.2) is 86.6 Å². The topological polar surface area (TPSA) is 38.8 Å². The molecule has 0 aliphatic carbocycles. The SMILES string of the molecule is CN1CCCC(N(C)CC(=O)N2CCNCC2)CC1. The molecular formula is C14H28N4O. The number of nitrogens with zero attached hydrogens (tertiary/aromatic N) is 3. The summed E-state index contributed by atoms with van der Waals surface area (Å²) in [5.41, 5.74) is 0. The first kappa shape index (κ1) is 14.8. The molecule has 0 saturated carbocycles. The average Bonchev–Trinajstić information content (AvgIpc) is 2.64. The van der Waals surface area contributed by atoms with Crippen molar-refractivity contribution in [3.05, 3.63) is 0 Å². The molecule has 0 bridgehead atoms. The summed E-state index contributed by atoms with van der Waals surface area (Å²) in [5.74, 6) is 0.293. The van der Waals surface area contributed by atoms with E-state index in [-0.39, 0.29) is 0 Å². The van der Waals surface area contributed by atoms with Gasteiger partial charge in [0.2, 0.25) is 5.91 Å². The molecule has 0 aromatic heterocycles. The van der Waals surface area contributed by atoms with Gasteiger partial charge in [-0.25, -0.2) is 0 Å². The highest BCUT2D eigenvalue weighted by Gasteiger charge is 2.23. The van der Waals surface area contributed by atoms with Crippen LogP contribution in [0, 0.1) is 0 Å². The van der Waals surface area contributed by atoms with Gasteiger partial charge in [-0.1, -0.05) is 0 Å². The van der Waals surface area contributed by atoms with Crippen molar-refractivity contribution >= 4 is 5.91 Å². The van der Waals surface area contributed by atoms with Crippen molar-refractivity contribution in [3.63, 3.8) is 0 Å². The molecule has 2 aliphatic rings. The number of carbonyl (C=O) groups is 1. The van der Waals surface area contributed by atoms with Crippen LogP contribution in [0.25, 0.3) is 0 Å². The van der Waals surface area contributed by atoms with Crippen molar-refractivity contribution < 1.29 is 4.79 Å². The molecule has 2 heterocycles. The fraction of sp³-hybridized carbons (Fsp3) is 0.929. The smallest absolute Gasteiger partial charge is 0.236 e. The van der Waals surface area contributed by atoms with Gasteiger partial charge in [0.05, 0.1) is 6.54 Å². The molecule has 0 aromatic rings. The summed E-state index contributed by atoms with van der Waals surface area (Å²) in [6.07, 6.45) is 3.64. The Hall–Kier alpha value is -0.650. The highest BCUT2D eigenvalue weighted by Crippen LogP contribution is 2.15. The fourth-order valence-electron chi connectivity index (χ4n) is 3.02. The van der Waals surface area contributed by atoms with Gasteiger partial charge in [-0.2, -0.15) is 0 Å². The maximum atomic E-state index is 12.2. The van der Waals surface area contributed by atoms with Crippen LogP contribution in [0.3, 0.4) is 0 Å². The second-order valence-electron chi connectivity index (χ2n) is 5.93. The lowest BCUT2D eigenvalue weighted by atomic mass is 10.1. The van der Waals surface area contributed by atoms with Crippen molar-refractivity contribution in [1.29, 1.82) is 0 Å². The van der Waals surface area contributed by atoms with Crippen LogP contribution in [0.5, 0.6) is 0 Å². The Morgan fingerprint density at radius 2 is 1.95 bits per heavy atom. The summed E-state index contributed by atoms with van der Waals surface area (Å²) in [6.45, 7) is 6.51. The maximum Gasteiger partial charge on any atom is 0.236 e. The number of rotatable bonds is 3. The Kier molecular flexibility index (Phi) is 5.60. The number of likely N-dealkylation sites (N-methyl/N-ethyl adjacent to an activating group) is 1. The van der Waals surface area contributed by atoms with Crippen molar-refractivity contribution in [1.82, 2.24) is 20.0 Å². The number of likely N-dealkylation sites (tertiary alicyclic amines) is 1. The van der Waals surface area contributed by atoms with E-state index in [0.717, 1.165) is 32.7 Å². The molecule has 110 valence electrons. The molecule has 19 heavy (non-hydrogen) atoms. The number of amides is 1. The van der Waals surface area contributed by atoms with Gasteiger partial charge < -0.3 is 15.1 Å². The molecule has 0 radical (unpaired) electrons. The minimum atomic E-state index is 0.293. The van der Waals surface area contributed by atoms with Crippen molar-refractivity contribution in [3.8, 4) is 0 Å². The van der Waals surface area contributed by atoms with Crippen LogP contribution in [0.4, 0.5) is 0 Å². The Bertz CT molecular complexity index is 291. The number of carbonyl (C=O) groups excluding carboxylic acids is 1. The number of hydrogen-bond donors (Lipinski definition) is 1. The highest BCUT2D eigenvalue weighted by atomic mass is 16.2. The van der Waals surface area contributed by atoms with E-state index in [1.807, 2.05) is 4.90 Å². The monoisotopic (exact) mass is 268 g/mol. The summed E-state index contributed by atoms with van der Waals surface area (Å²) in [5, 5.41) is 3.29. The zero-order valence-electron chi connectivity index (χ0n) is 12.4. The quantitative estimate of drug-likeness (QED) is 0.772. The lowest BCUT2D eigenvalue weighted by Crippen LogP contribution is -2.50. The van der Waals surface area contributed by atoms with Crippen LogP contribution < -0.4 is 5.32 Å². The van der Waals surface area contributed by atoms with Gasteiger partial charge in [-0.15, -0.1) is 0 Å². The average molecular weight is 268 g/mol. The lowest BCUT2D eigenvalue weighted by molar-refractivity contribution is -0.133. The van der Waals surface area contributed by atoms with E-state index in [1.165, 1.54) is 25.8 Å². The Morgan fingerprint density at radius 1 is 1.21 bits per heavy atom. The van der Waals surface area contributed by atoms with Crippen LogP contribution in [0.15, 0.2) is 0 Å². The van der Waals surface area contributed by atoms with Gasteiger partial charge in [0.1, 0.15) is 0 Å². The molecule has 5 nitrogen and oxygen atoms in total. The molecule has 1 unspecified atom stereocenters. The zero-order chi connectivity index (χ0) is 13.7. The van der Waals surface area contributed by atoms with Gasteiger partial charge >= 0.3 is 0 Å². The van der Waals surface area contributed by atoms with Crippen LogP contribution in [0.2, 0.25) is 0 Å². The van der Waals surface area contributed by atoms with Crippen molar-refractivity contribution in [2.45, 2.75) is 25.3 Å². The molecule has 5 heteroatoms. The normalized spacial score (nSPS) is 26.5. The van der Waals surface area contributed by atoms with E-state index in [0.29, 0.717) is 18.5 Å². The van der Waals surface area contributed by atoms with E-state index in [9.17, 15) is 4.79 Å². The van der Waals surface area contributed by atoms with E-state index >= 15 is 0 Å². The van der Waals surface area contributed by atoms with Gasteiger partial charge in [-0.05, 0) is 46.4 Å². The molecule has 2 rings (SSSR count). The summed E-state index contributed by atoms with van der Waals surface area (Å²) < 4.78 is 0. The van der Waals surface area contributed by atoms with Crippen LogP contribution in [0.1, 0.15) is 19.3 Å². The predicted molar refractivity (Wildman–Crippen MR) is 77.2 cm³/mol. The molecule has 2 aliphatic heterocycles. The first-order valence-electron chi connectivity index (χ1n) is 7.54. The Morgan fingerprint density at radius 3 is 2.68 bits per heavy atom. The number of hydrogen-bond acceptors (Lipinski definition) is 4. The first-order valence-corrected chi connectivity index (χ1v) is 7.54. The molecule has 0 aromatic carbocycles. The molecule has 2 fully saturated rings. The third kappa shape index (κ3) is 4.44. The minimum Gasteiger partial charge on any atom is -0.339 e. The van der Waals surface area contributed by atoms with E-state index in [2.05, 4.69) is 29.2 Å². The van der Waals surface area contributed by atoms with Gasteiger partial charge in [-0.3, -0.25) is 9.69 Å². The predicted octanol–water partition coefficient (Wildman–Crippen LogP) is -0.166. The van der Waals surface area contributed by atoms with E-state index in [1.54, 1.807) is 0 Å². The lowest BCUT2D eigenvalue weighted by Gasteiger charge is -2.32. The van der Waals surface area contributed by atoms with E-state index < -0.39 is 0 Å². The number of nitrogens with one attached hydrogen (secondary N) is 1. The third-order valence-corrected chi connectivity index (χ3v) is 4.40. The maximum absolute atomic E-state index is 12.2. The second-order valence-corrected chi connectivity index (χ2v) is 5.93. The first-order chi connectivity index (χ1) is 9.16. The second kappa shape index (κ2) is 7.22. The number of piperazine rings is 1. The summed E-state index contributed by atoms with van der Waals surface area (Å²) in [6, 6.07) is 0.566. The Labute approximate surface area is 116 Å². The summed E-state index contributed by atoms with van der Waals surface area (Å²) in [7, 11) is 4.30. The van der Waals surface area contributed by atoms with E-state index in [4.69, 9.17) is 0 Å². The zero-order valence-corrected chi connectivity index (χ0v) is 12.4. The van der Waals surface area contributed by atoms with Crippen LogP contribution >= 0.6 is 0 Å². The molecular weight excluding hydrogens is 240 g/mol. The molecule has 1 atom stereocenters.